The van der Waals surface area contributed by atoms with E-state index in [-0.39, 0.29) is 18.1 Å². The molecule has 1 aromatic heterocycles. The second-order valence-corrected chi connectivity index (χ2v) is 10.4. The maximum Gasteiger partial charge on any atom is 0.208 e. The Kier molecular flexibility index (Phi) is 6.24. The zero-order valence-corrected chi connectivity index (χ0v) is 18.1. The van der Waals surface area contributed by atoms with Gasteiger partial charge in [0, 0.05) is 25.6 Å². The summed E-state index contributed by atoms with van der Waals surface area (Å²) in [6.45, 7) is 2.25. The average Bonchev–Trinajstić information content (AvgIpc) is 3.07. The van der Waals surface area contributed by atoms with Gasteiger partial charge in [-0.2, -0.15) is 0 Å². The van der Waals surface area contributed by atoms with Crippen LogP contribution >= 0.6 is 0 Å². The first-order valence-electron chi connectivity index (χ1n) is 10.6. The van der Waals surface area contributed by atoms with Gasteiger partial charge in [0.1, 0.15) is 0 Å². The molecule has 0 bridgehead atoms. The van der Waals surface area contributed by atoms with Crippen molar-refractivity contribution < 1.29 is 13.2 Å². The minimum atomic E-state index is -3.19. The van der Waals surface area contributed by atoms with Crippen molar-refractivity contribution in [3.05, 3.63) is 30.1 Å². The first-order valence-corrected chi connectivity index (χ1v) is 12.5. The van der Waals surface area contributed by atoms with Crippen LogP contribution in [0.2, 0.25) is 0 Å². The Morgan fingerprint density at radius 2 is 2.03 bits per heavy atom. The molecule has 2 fully saturated rings. The summed E-state index contributed by atoms with van der Waals surface area (Å²) in [5.41, 5.74) is 3.62. The molecule has 4 rings (SSSR count). The van der Waals surface area contributed by atoms with E-state index in [0.29, 0.717) is 12.5 Å². The molecule has 2 N–H and O–H groups in total. The van der Waals surface area contributed by atoms with E-state index in [2.05, 4.69) is 37.8 Å². The third-order valence-electron chi connectivity index (χ3n) is 6.41. The number of hydrogen-bond donors (Lipinski definition) is 2. The minimum Gasteiger partial charge on any atom is -0.378 e. The Labute approximate surface area is 173 Å². The average molecular weight is 421 g/mol. The number of fused-ring (bicyclic) bond motifs is 1. The summed E-state index contributed by atoms with van der Waals surface area (Å²) in [6.07, 6.45) is 8.52. The molecule has 7 nitrogen and oxygen atoms in total. The predicted molar refractivity (Wildman–Crippen MR) is 114 cm³/mol. The standard InChI is InChI=1S/C21H32N4O3S/c1-25-14-23-20-11-16(5-8-21(20)25)15-3-6-18(7-4-15)28-13-17-12-22-10-9-19(17)24-29(2,26)27/h5,8,11,14-15,17-19,22,24H,3-4,6-7,9-10,12-13H2,1-2H3/t15?,17-,18?,19-/m0/s1. The summed E-state index contributed by atoms with van der Waals surface area (Å²) in [5, 5.41) is 3.36. The van der Waals surface area contributed by atoms with Crippen molar-refractivity contribution in [2.24, 2.45) is 13.0 Å². The summed E-state index contributed by atoms with van der Waals surface area (Å²) in [6, 6.07) is 6.61. The molecule has 160 valence electrons. The highest BCUT2D eigenvalue weighted by molar-refractivity contribution is 7.88. The Morgan fingerprint density at radius 1 is 1.24 bits per heavy atom. The zero-order chi connectivity index (χ0) is 20.4. The lowest BCUT2D eigenvalue weighted by Crippen LogP contribution is -2.51. The third kappa shape index (κ3) is 5.17. The summed E-state index contributed by atoms with van der Waals surface area (Å²) >= 11 is 0. The number of hydrogen-bond acceptors (Lipinski definition) is 5. The van der Waals surface area contributed by atoms with Gasteiger partial charge in [-0.25, -0.2) is 18.1 Å². The van der Waals surface area contributed by atoms with Crippen LogP contribution < -0.4 is 10.0 Å². The fraction of sp³-hybridized carbons (Fsp3) is 0.667. The van der Waals surface area contributed by atoms with E-state index in [9.17, 15) is 8.42 Å². The van der Waals surface area contributed by atoms with Gasteiger partial charge in [-0.3, -0.25) is 0 Å². The number of ether oxygens (including phenoxy) is 1. The first-order chi connectivity index (χ1) is 13.9. The highest BCUT2D eigenvalue weighted by atomic mass is 32.2. The number of nitrogens with one attached hydrogen (secondary N) is 2. The quantitative estimate of drug-likeness (QED) is 0.748. The highest BCUT2D eigenvalue weighted by Gasteiger charge is 2.29. The van der Waals surface area contributed by atoms with Gasteiger partial charge in [0.2, 0.25) is 10.0 Å². The Balaban J connectivity index is 1.29. The number of aromatic nitrogens is 2. The van der Waals surface area contributed by atoms with Gasteiger partial charge >= 0.3 is 0 Å². The van der Waals surface area contributed by atoms with E-state index < -0.39 is 10.0 Å². The van der Waals surface area contributed by atoms with Gasteiger partial charge in [0.05, 0.1) is 36.3 Å². The minimum absolute atomic E-state index is 0.0345. The molecule has 2 aliphatic rings. The van der Waals surface area contributed by atoms with E-state index in [0.717, 1.165) is 50.7 Å². The molecule has 1 aliphatic carbocycles. The van der Waals surface area contributed by atoms with Crippen molar-refractivity contribution in [1.82, 2.24) is 19.6 Å². The molecule has 2 aromatic rings. The Morgan fingerprint density at radius 3 is 2.79 bits per heavy atom. The van der Waals surface area contributed by atoms with Crippen LogP contribution in [-0.2, 0) is 21.8 Å². The molecular weight excluding hydrogens is 388 g/mol. The molecule has 29 heavy (non-hydrogen) atoms. The molecule has 2 atom stereocenters. The number of benzene rings is 1. The van der Waals surface area contributed by atoms with Crippen molar-refractivity contribution in [2.75, 3.05) is 26.0 Å². The lowest BCUT2D eigenvalue weighted by molar-refractivity contribution is -0.00402. The summed E-state index contributed by atoms with van der Waals surface area (Å²) in [5.74, 6) is 0.750. The fourth-order valence-electron chi connectivity index (χ4n) is 4.76. The van der Waals surface area contributed by atoms with E-state index in [1.54, 1.807) is 0 Å². The van der Waals surface area contributed by atoms with Crippen molar-refractivity contribution in [3.63, 3.8) is 0 Å². The van der Waals surface area contributed by atoms with E-state index in [1.807, 2.05) is 13.4 Å². The van der Waals surface area contributed by atoms with Gasteiger partial charge in [0.25, 0.3) is 0 Å². The normalized spacial score (nSPS) is 28.6. The molecule has 2 heterocycles. The van der Waals surface area contributed by atoms with Crippen LogP contribution in [0.25, 0.3) is 11.0 Å². The van der Waals surface area contributed by atoms with Crippen LogP contribution in [0.5, 0.6) is 0 Å². The molecule has 0 radical (unpaired) electrons. The van der Waals surface area contributed by atoms with Gasteiger partial charge in [0.15, 0.2) is 0 Å². The largest absolute Gasteiger partial charge is 0.378 e. The molecule has 1 aromatic carbocycles. The van der Waals surface area contributed by atoms with Crippen LogP contribution in [0.15, 0.2) is 24.5 Å². The Hall–Kier alpha value is -1.48. The van der Waals surface area contributed by atoms with Crippen LogP contribution in [0, 0.1) is 5.92 Å². The molecule has 0 unspecified atom stereocenters. The van der Waals surface area contributed by atoms with E-state index in [1.165, 1.54) is 17.3 Å². The van der Waals surface area contributed by atoms with Gasteiger partial charge in [-0.1, -0.05) is 6.07 Å². The summed E-state index contributed by atoms with van der Waals surface area (Å²) in [4.78, 5) is 4.49. The molecule has 0 amide bonds. The number of aryl methyl sites for hydroxylation is 1. The molecule has 1 aliphatic heterocycles. The van der Waals surface area contributed by atoms with Gasteiger partial charge in [-0.05, 0) is 62.3 Å². The monoisotopic (exact) mass is 420 g/mol. The molecule has 0 spiro atoms. The van der Waals surface area contributed by atoms with Crippen LogP contribution in [-0.4, -0.2) is 56.1 Å². The number of piperidine rings is 1. The molecular formula is C21H32N4O3S. The van der Waals surface area contributed by atoms with Gasteiger partial charge < -0.3 is 14.6 Å². The molecule has 1 saturated heterocycles. The van der Waals surface area contributed by atoms with Gasteiger partial charge in [-0.15, -0.1) is 0 Å². The van der Waals surface area contributed by atoms with Crippen molar-refractivity contribution in [1.29, 1.82) is 0 Å². The van der Waals surface area contributed by atoms with Crippen LogP contribution in [0.1, 0.15) is 43.6 Å². The van der Waals surface area contributed by atoms with Crippen molar-refractivity contribution in [3.8, 4) is 0 Å². The van der Waals surface area contributed by atoms with E-state index in [4.69, 9.17) is 4.74 Å². The summed E-state index contributed by atoms with van der Waals surface area (Å²) in [7, 11) is -1.17. The fourth-order valence-corrected chi connectivity index (χ4v) is 5.62. The topological polar surface area (TPSA) is 85.2 Å². The number of rotatable bonds is 6. The number of sulfonamides is 1. The SMILES string of the molecule is Cn1cnc2cc(C3CCC(OC[C@@H]4CNCC[C@@H]4NS(C)(=O)=O)CC3)ccc21. The molecule has 8 heteroatoms. The predicted octanol–water partition coefficient (Wildman–Crippen LogP) is 2.14. The second kappa shape index (κ2) is 8.71. The summed E-state index contributed by atoms with van der Waals surface area (Å²) < 4.78 is 34.3. The smallest absolute Gasteiger partial charge is 0.208 e. The third-order valence-corrected chi connectivity index (χ3v) is 7.15. The van der Waals surface area contributed by atoms with Crippen LogP contribution in [0.4, 0.5) is 0 Å². The zero-order valence-electron chi connectivity index (χ0n) is 17.3. The first kappa shape index (κ1) is 20.8. The van der Waals surface area contributed by atoms with E-state index >= 15 is 0 Å². The maximum absolute atomic E-state index is 11.6. The highest BCUT2D eigenvalue weighted by Crippen LogP contribution is 2.35. The van der Waals surface area contributed by atoms with Crippen molar-refractivity contribution >= 4 is 21.1 Å². The lowest BCUT2D eigenvalue weighted by atomic mass is 9.82. The maximum atomic E-state index is 11.6. The van der Waals surface area contributed by atoms with Crippen molar-refractivity contribution in [2.45, 2.75) is 50.2 Å². The van der Waals surface area contributed by atoms with Crippen LogP contribution in [0.3, 0.4) is 0 Å². The lowest BCUT2D eigenvalue weighted by Gasteiger charge is -2.34. The molecule has 1 saturated carbocycles. The number of imidazole rings is 1. The number of nitrogens with zero attached hydrogens (tertiary/aromatic N) is 2. The second-order valence-electron chi connectivity index (χ2n) is 8.66. The Bertz CT molecular complexity index is 935.